The summed E-state index contributed by atoms with van der Waals surface area (Å²) in [5.74, 6) is 0.568. The summed E-state index contributed by atoms with van der Waals surface area (Å²) in [5, 5.41) is 2.68. The van der Waals surface area contributed by atoms with Gasteiger partial charge < -0.3 is 9.15 Å². The van der Waals surface area contributed by atoms with Crippen LogP contribution in [0.4, 0.5) is 5.88 Å². The molecule has 3 rings (SSSR count). The summed E-state index contributed by atoms with van der Waals surface area (Å²) in [6.45, 7) is 6.92. The van der Waals surface area contributed by atoms with E-state index in [2.05, 4.69) is 10.2 Å². The van der Waals surface area contributed by atoms with Crippen molar-refractivity contribution in [3.63, 3.8) is 0 Å². The number of nitrogens with zero attached hydrogens (tertiary/aromatic N) is 1. The molecule has 2 aliphatic rings. The van der Waals surface area contributed by atoms with Gasteiger partial charge in [-0.25, -0.2) is 4.79 Å². The van der Waals surface area contributed by atoms with Gasteiger partial charge in [-0.2, -0.15) is 0 Å². The molecule has 1 aliphatic heterocycles. The Balaban J connectivity index is 1.69. The third-order valence-corrected chi connectivity index (χ3v) is 5.91. The van der Waals surface area contributed by atoms with Gasteiger partial charge in [0.25, 0.3) is 0 Å². The molecule has 0 spiro atoms. The number of piperidine rings is 1. The first-order valence-electron chi connectivity index (χ1n) is 10.2. The molecule has 1 N–H and O–H groups in total. The molecule has 7 heteroatoms. The second kappa shape index (κ2) is 8.90. The summed E-state index contributed by atoms with van der Waals surface area (Å²) in [6, 6.07) is 0. The monoisotopic (exact) mass is 390 g/mol. The van der Waals surface area contributed by atoms with Crippen molar-refractivity contribution in [3.05, 3.63) is 16.9 Å². The number of furan rings is 1. The van der Waals surface area contributed by atoms with E-state index in [4.69, 9.17) is 9.15 Å². The van der Waals surface area contributed by atoms with Crippen LogP contribution in [0.25, 0.3) is 0 Å². The van der Waals surface area contributed by atoms with E-state index < -0.39 is 5.97 Å². The van der Waals surface area contributed by atoms with Crippen LogP contribution in [-0.2, 0) is 9.53 Å². The lowest BCUT2D eigenvalue weighted by Gasteiger charge is -2.41. The fourth-order valence-corrected chi connectivity index (χ4v) is 4.64. The zero-order chi connectivity index (χ0) is 20.3. The van der Waals surface area contributed by atoms with E-state index >= 15 is 0 Å². The molecule has 1 saturated heterocycles. The lowest BCUT2D eigenvalue weighted by atomic mass is 9.75. The van der Waals surface area contributed by atoms with Crippen molar-refractivity contribution in [2.24, 2.45) is 11.8 Å². The zero-order valence-electron chi connectivity index (χ0n) is 17.0. The molecule has 2 heterocycles. The van der Waals surface area contributed by atoms with Gasteiger partial charge in [0.05, 0.1) is 18.7 Å². The number of hydrogen-bond acceptors (Lipinski definition) is 6. The Kier molecular flexibility index (Phi) is 6.54. The molecule has 0 radical (unpaired) electrons. The number of carbonyl (C=O) groups excluding carboxylic acids is 3. The molecule has 1 aromatic rings. The van der Waals surface area contributed by atoms with Crippen LogP contribution < -0.4 is 5.32 Å². The molecular formula is C21H30N2O5. The fraction of sp³-hybridized carbons (Fsp3) is 0.667. The molecule has 0 bridgehead atoms. The Morgan fingerprint density at radius 1 is 1.14 bits per heavy atom. The second-order valence-electron chi connectivity index (χ2n) is 7.89. The highest BCUT2D eigenvalue weighted by Crippen LogP contribution is 2.36. The van der Waals surface area contributed by atoms with Crippen LogP contribution in [0.2, 0.25) is 0 Å². The van der Waals surface area contributed by atoms with Crippen LogP contribution >= 0.6 is 0 Å². The first-order valence-corrected chi connectivity index (χ1v) is 10.2. The first kappa shape index (κ1) is 20.6. The zero-order valence-corrected chi connectivity index (χ0v) is 17.0. The number of anilines is 1. The minimum Gasteiger partial charge on any atom is -0.462 e. The number of carbonyl (C=O) groups is 3. The normalized spacial score (nSPS) is 22.4. The highest BCUT2D eigenvalue weighted by Gasteiger charge is 2.33. The number of ketones is 1. The molecule has 0 unspecified atom stereocenters. The summed E-state index contributed by atoms with van der Waals surface area (Å²) in [5.41, 5.74) is 0.169. The SMILES string of the molecule is CCOC(=O)c1c(NC(=O)CN2CC[C@H]3CCCC[C@@H]3C2)oc(C)c1C(C)=O. The van der Waals surface area contributed by atoms with E-state index in [0.29, 0.717) is 11.7 Å². The van der Waals surface area contributed by atoms with Crippen LogP contribution in [0.3, 0.4) is 0 Å². The van der Waals surface area contributed by atoms with Crippen molar-refractivity contribution in [2.45, 2.75) is 52.9 Å². The fourth-order valence-electron chi connectivity index (χ4n) is 4.64. The molecule has 154 valence electrons. The summed E-state index contributed by atoms with van der Waals surface area (Å²) in [4.78, 5) is 39.1. The van der Waals surface area contributed by atoms with Gasteiger partial charge in [-0.05, 0) is 52.0 Å². The molecule has 1 amide bonds. The number of nitrogens with one attached hydrogen (secondary N) is 1. The van der Waals surface area contributed by atoms with Gasteiger partial charge in [-0.1, -0.05) is 19.3 Å². The van der Waals surface area contributed by atoms with Crippen LogP contribution in [-0.4, -0.2) is 48.8 Å². The minimum absolute atomic E-state index is 0.00120. The van der Waals surface area contributed by atoms with Crippen molar-refractivity contribution < 1.29 is 23.5 Å². The molecule has 0 aromatic carbocycles. The van der Waals surface area contributed by atoms with E-state index in [9.17, 15) is 14.4 Å². The van der Waals surface area contributed by atoms with Gasteiger partial charge in [0.1, 0.15) is 11.3 Å². The smallest absolute Gasteiger partial charge is 0.344 e. The number of hydrogen-bond donors (Lipinski definition) is 1. The van der Waals surface area contributed by atoms with Gasteiger partial charge in [0, 0.05) is 6.54 Å². The lowest BCUT2D eigenvalue weighted by Crippen LogP contribution is -2.44. The van der Waals surface area contributed by atoms with E-state index in [-0.39, 0.29) is 41.9 Å². The number of ether oxygens (including phenoxy) is 1. The molecule has 28 heavy (non-hydrogen) atoms. The van der Waals surface area contributed by atoms with Crippen LogP contribution in [0, 0.1) is 18.8 Å². The largest absolute Gasteiger partial charge is 0.462 e. The van der Waals surface area contributed by atoms with Gasteiger partial charge in [-0.3, -0.25) is 19.8 Å². The maximum absolute atomic E-state index is 12.6. The quantitative estimate of drug-likeness (QED) is 0.591. The van der Waals surface area contributed by atoms with Crippen LogP contribution in [0.15, 0.2) is 4.42 Å². The molecule has 7 nitrogen and oxygen atoms in total. The lowest BCUT2D eigenvalue weighted by molar-refractivity contribution is -0.118. The average Bonchev–Trinajstić information content (AvgIpc) is 2.97. The van der Waals surface area contributed by atoms with Crippen LogP contribution in [0.1, 0.15) is 72.4 Å². The van der Waals surface area contributed by atoms with Crippen molar-refractivity contribution in [1.29, 1.82) is 0 Å². The number of esters is 1. The Hall–Kier alpha value is -2.15. The summed E-state index contributed by atoms with van der Waals surface area (Å²) in [6.07, 6.45) is 6.31. The maximum atomic E-state index is 12.6. The van der Waals surface area contributed by atoms with E-state index in [1.807, 2.05) is 0 Å². The average molecular weight is 390 g/mol. The predicted molar refractivity (Wildman–Crippen MR) is 105 cm³/mol. The molecule has 2 atom stereocenters. The van der Waals surface area contributed by atoms with Gasteiger partial charge in [0.2, 0.25) is 11.8 Å². The molecule has 1 saturated carbocycles. The van der Waals surface area contributed by atoms with Crippen molar-refractivity contribution in [3.8, 4) is 0 Å². The van der Waals surface area contributed by atoms with Crippen molar-refractivity contribution in [2.75, 3.05) is 31.6 Å². The Morgan fingerprint density at radius 3 is 2.54 bits per heavy atom. The van der Waals surface area contributed by atoms with E-state index in [1.165, 1.54) is 32.6 Å². The van der Waals surface area contributed by atoms with Gasteiger partial charge in [0.15, 0.2) is 5.78 Å². The van der Waals surface area contributed by atoms with Gasteiger partial charge in [-0.15, -0.1) is 0 Å². The van der Waals surface area contributed by atoms with E-state index in [1.54, 1.807) is 13.8 Å². The molecule has 1 aromatic heterocycles. The van der Waals surface area contributed by atoms with Crippen LogP contribution in [0.5, 0.6) is 0 Å². The number of amides is 1. The Labute approximate surface area is 165 Å². The number of rotatable bonds is 6. The number of likely N-dealkylation sites (tertiary alicyclic amines) is 1. The topological polar surface area (TPSA) is 88.8 Å². The predicted octanol–water partition coefficient (Wildman–Crippen LogP) is 3.42. The Bertz CT molecular complexity index is 754. The summed E-state index contributed by atoms with van der Waals surface area (Å²) >= 11 is 0. The third kappa shape index (κ3) is 4.46. The second-order valence-corrected chi connectivity index (χ2v) is 7.89. The number of aryl methyl sites for hydroxylation is 1. The number of Topliss-reactive ketones (excluding diaryl/α,β-unsaturated/α-hetero) is 1. The van der Waals surface area contributed by atoms with Crippen molar-refractivity contribution >= 4 is 23.5 Å². The summed E-state index contributed by atoms with van der Waals surface area (Å²) in [7, 11) is 0. The maximum Gasteiger partial charge on any atom is 0.344 e. The molecule has 1 aliphatic carbocycles. The first-order chi connectivity index (χ1) is 13.4. The third-order valence-electron chi connectivity index (χ3n) is 5.91. The highest BCUT2D eigenvalue weighted by molar-refractivity contribution is 6.10. The number of fused-ring (bicyclic) bond motifs is 1. The van der Waals surface area contributed by atoms with E-state index in [0.717, 1.165) is 25.4 Å². The van der Waals surface area contributed by atoms with Crippen molar-refractivity contribution in [1.82, 2.24) is 4.90 Å². The standard InChI is InChI=1S/C21H30N2O5/c1-4-27-21(26)19-18(13(2)24)14(3)28-20(19)22-17(25)12-23-10-9-15-7-5-6-8-16(15)11-23/h15-16H,4-12H2,1-3H3,(H,22,25)/t15-,16-/m1/s1. The Morgan fingerprint density at radius 2 is 1.86 bits per heavy atom. The van der Waals surface area contributed by atoms with Gasteiger partial charge >= 0.3 is 5.97 Å². The highest BCUT2D eigenvalue weighted by atomic mass is 16.5. The molecular weight excluding hydrogens is 360 g/mol. The summed E-state index contributed by atoms with van der Waals surface area (Å²) < 4.78 is 10.6. The molecule has 2 fully saturated rings. The minimum atomic E-state index is -0.664.